The van der Waals surface area contributed by atoms with Gasteiger partial charge in [-0.15, -0.1) is 0 Å². The van der Waals surface area contributed by atoms with Gasteiger partial charge in [0.25, 0.3) is 0 Å². The number of halogens is 1. The predicted octanol–water partition coefficient (Wildman–Crippen LogP) is 1.63. The van der Waals surface area contributed by atoms with Crippen LogP contribution in [0.3, 0.4) is 0 Å². The molecule has 0 amide bonds. The van der Waals surface area contributed by atoms with Crippen LogP contribution in [0.5, 0.6) is 0 Å². The zero-order valence-electron chi connectivity index (χ0n) is 4.73. The molecule has 0 heterocycles. The van der Waals surface area contributed by atoms with Crippen molar-refractivity contribution in [1.82, 2.24) is 0 Å². The summed E-state index contributed by atoms with van der Waals surface area (Å²) in [5, 5.41) is 8.22. The Hall–Kier alpha value is -0.680. The lowest BCUT2D eigenvalue weighted by molar-refractivity contribution is 0.293. The molecule has 0 radical (unpaired) electrons. The number of methoxy groups -OCH3 is 1. The molecule has 0 fully saturated rings. The molecule has 3 heteroatoms. The van der Waals surface area contributed by atoms with Gasteiger partial charge in [0.2, 0.25) is 0 Å². The molecule has 0 unspecified atom stereocenters. The fourth-order valence-corrected chi connectivity index (χ4v) is 0.245. The summed E-state index contributed by atoms with van der Waals surface area (Å²) < 4.78 is 4.63. The molecule has 8 heavy (non-hydrogen) atoms. The molecule has 0 aliphatic carbocycles. The van der Waals surface area contributed by atoms with E-state index in [1.54, 1.807) is 13.0 Å². The van der Waals surface area contributed by atoms with E-state index in [1.807, 2.05) is 0 Å². The standard InChI is InChI=1S/C5H6ClNO/c1-4(8-2)5(6)3-7/h1-2H3. The number of ether oxygens (including phenoxy) is 1. The zero-order valence-corrected chi connectivity index (χ0v) is 5.49. The minimum absolute atomic E-state index is 0.104. The number of nitrogens with zero attached hydrogens (tertiary/aromatic N) is 1. The van der Waals surface area contributed by atoms with Crippen LogP contribution in [0.2, 0.25) is 0 Å². The van der Waals surface area contributed by atoms with Crippen LogP contribution in [0.4, 0.5) is 0 Å². The Kier molecular flexibility index (Phi) is 3.05. The lowest BCUT2D eigenvalue weighted by Crippen LogP contribution is -1.80. The minimum atomic E-state index is 0.104. The van der Waals surface area contributed by atoms with Crippen molar-refractivity contribution in [2.45, 2.75) is 6.92 Å². The molecule has 0 aromatic rings. The van der Waals surface area contributed by atoms with Gasteiger partial charge in [-0.05, 0) is 6.92 Å². The molecule has 0 saturated carbocycles. The average molecular weight is 132 g/mol. The van der Waals surface area contributed by atoms with Crippen molar-refractivity contribution >= 4 is 11.6 Å². The van der Waals surface area contributed by atoms with Crippen LogP contribution in [-0.2, 0) is 4.74 Å². The van der Waals surface area contributed by atoms with E-state index >= 15 is 0 Å². The molecule has 0 bridgehead atoms. The molecular weight excluding hydrogens is 126 g/mol. The van der Waals surface area contributed by atoms with E-state index in [0.717, 1.165) is 0 Å². The van der Waals surface area contributed by atoms with E-state index < -0.39 is 0 Å². The summed E-state index contributed by atoms with van der Waals surface area (Å²) in [7, 11) is 1.47. The van der Waals surface area contributed by atoms with Gasteiger partial charge < -0.3 is 4.74 Å². The van der Waals surface area contributed by atoms with E-state index in [4.69, 9.17) is 16.9 Å². The van der Waals surface area contributed by atoms with Gasteiger partial charge in [-0.25, -0.2) is 0 Å². The monoisotopic (exact) mass is 131 g/mol. The van der Waals surface area contributed by atoms with Gasteiger partial charge in [-0.3, -0.25) is 0 Å². The summed E-state index contributed by atoms with van der Waals surface area (Å²) >= 11 is 5.31. The molecule has 0 rings (SSSR count). The number of hydrogen-bond donors (Lipinski definition) is 0. The van der Waals surface area contributed by atoms with Crippen LogP contribution in [0, 0.1) is 11.3 Å². The van der Waals surface area contributed by atoms with Gasteiger partial charge in [0.05, 0.1) is 7.11 Å². The van der Waals surface area contributed by atoms with Gasteiger partial charge in [0.1, 0.15) is 11.8 Å². The number of hydrogen-bond acceptors (Lipinski definition) is 2. The van der Waals surface area contributed by atoms with E-state index in [2.05, 4.69) is 4.74 Å². The molecule has 0 atom stereocenters. The molecule has 44 valence electrons. The maximum atomic E-state index is 8.12. The SMILES string of the molecule is COC(C)=C(Cl)C#N. The Morgan fingerprint density at radius 1 is 1.75 bits per heavy atom. The lowest BCUT2D eigenvalue weighted by atomic mass is 10.5. The highest BCUT2D eigenvalue weighted by atomic mass is 35.5. The van der Waals surface area contributed by atoms with Gasteiger partial charge >= 0.3 is 0 Å². The first-order chi connectivity index (χ1) is 3.72. The quantitative estimate of drug-likeness (QED) is 0.400. The summed E-state index contributed by atoms with van der Waals surface area (Å²) in [6, 6.07) is 1.74. The fourth-order valence-electron chi connectivity index (χ4n) is 0.168. The van der Waals surface area contributed by atoms with Gasteiger partial charge in [-0.2, -0.15) is 5.26 Å². The third kappa shape index (κ3) is 1.85. The van der Waals surface area contributed by atoms with Crippen molar-refractivity contribution in [3.05, 3.63) is 10.8 Å². The Morgan fingerprint density at radius 3 is 2.38 bits per heavy atom. The van der Waals surface area contributed by atoms with Gasteiger partial charge in [0.15, 0.2) is 5.03 Å². The van der Waals surface area contributed by atoms with Crippen LogP contribution in [0.15, 0.2) is 10.8 Å². The summed E-state index contributed by atoms with van der Waals surface area (Å²) in [5.41, 5.74) is 0. The molecule has 0 spiro atoms. The van der Waals surface area contributed by atoms with Crippen molar-refractivity contribution in [3.8, 4) is 6.07 Å². The average Bonchev–Trinajstić information content (AvgIpc) is 1.84. The van der Waals surface area contributed by atoms with Crippen LogP contribution in [0.25, 0.3) is 0 Å². The predicted molar refractivity (Wildman–Crippen MR) is 31.2 cm³/mol. The Bertz CT molecular complexity index is 145. The number of rotatable bonds is 1. The second-order valence-corrected chi connectivity index (χ2v) is 1.56. The van der Waals surface area contributed by atoms with Crippen molar-refractivity contribution < 1.29 is 4.74 Å². The minimum Gasteiger partial charge on any atom is -0.499 e. The van der Waals surface area contributed by atoms with Gasteiger partial charge in [0, 0.05) is 0 Å². The number of nitriles is 1. The smallest absolute Gasteiger partial charge is 0.155 e. The van der Waals surface area contributed by atoms with Crippen molar-refractivity contribution in [2.75, 3.05) is 7.11 Å². The van der Waals surface area contributed by atoms with Crippen LogP contribution in [0.1, 0.15) is 6.92 Å². The van der Waals surface area contributed by atoms with E-state index in [1.165, 1.54) is 7.11 Å². The second-order valence-electron chi connectivity index (χ2n) is 1.19. The highest BCUT2D eigenvalue weighted by Gasteiger charge is 1.93. The van der Waals surface area contributed by atoms with E-state index in [-0.39, 0.29) is 5.03 Å². The zero-order chi connectivity index (χ0) is 6.57. The first kappa shape index (κ1) is 7.32. The van der Waals surface area contributed by atoms with E-state index in [9.17, 15) is 0 Å². The topological polar surface area (TPSA) is 33.0 Å². The van der Waals surface area contributed by atoms with Crippen molar-refractivity contribution in [1.29, 1.82) is 5.26 Å². The third-order valence-corrected chi connectivity index (χ3v) is 1.06. The lowest BCUT2D eigenvalue weighted by Gasteiger charge is -1.94. The normalized spacial score (nSPS) is 11.8. The molecular formula is C5H6ClNO. The van der Waals surface area contributed by atoms with Crippen LogP contribution in [-0.4, -0.2) is 7.11 Å². The third-order valence-electron chi connectivity index (χ3n) is 0.713. The van der Waals surface area contributed by atoms with E-state index in [0.29, 0.717) is 5.76 Å². The Balaban J connectivity index is 4.10. The molecule has 0 saturated heterocycles. The first-order valence-electron chi connectivity index (χ1n) is 2.02. The molecule has 2 nitrogen and oxygen atoms in total. The highest BCUT2D eigenvalue weighted by molar-refractivity contribution is 6.32. The highest BCUT2D eigenvalue weighted by Crippen LogP contribution is 2.06. The molecule has 0 aromatic heterocycles. The largest absolute Gasteiger partial charge is 0.499 e. The summed E-state index contributed by atoms with van der Waals surface area (Å²) in [6.07, 6.45) is 0. The second kappa shape index (κ2) is 3.34. The Morgan fingerprint density at radius 2 is 2.25 bits per heavy atom. The first-order valence-corrected chi connectivity index (χ1v) is 2.40. The molecule has 0 aromatic carbocycles. The van der Waals surface area contributed by atoms with Crippen molar-refractivity contribution in [2.24, 2.45) is 0 Å². The molecule has 0 aliphatic heterocycles. The summed E-state index contributed by atoms with van der Waals surface area (Å²) in [5.74, 6) is 0.453. The van der Waals surface area contributed by atoms with Crippen LogP contribution >= 0.6 is 11.6 Å². The number of allylic oxidation sites excluding steroid dienone is 2. The molecule has 0 N–H and O–H groups in total. The van der Waals surface area contributed by atoms with Crippen LogP contribution < -0.4 is 0 Å². The maximum absolute atomic E-state index is 8.12. The maximum Gasteiger partial charge on any atom is 0.155 e. The fraction of sp³-hybridized carbons (Fsp3) is 0.400. The Labute approximate surface area is 53.3 Å². The van der Waals surface area contributed by atoms with Gasteiger partial charge in [-0.1, -0.05) is 11.6 Å². The molecule has 0 aliphatic rings. The summed E-state index contributed by atoms with van der Waals surface area (Å²) in [6.45, 7) is 1.63. The van der Waals surface area contributed by atoms with Crippen molar-refractivity contribution in [3.63, 3.8) is 0 Å². The summed E-state index contributed by atoms with van der Waals surface area (Å²) in [4.78, 5) is 0.